The van der Waals surface area contributed by atoms with Crippen LogP contribution in [0.5, 0.6) is 5.75 Å². The summed E-state index contributed by atoms with van der Waals surface area (Å²) in [6, 6.07) is 12.2. The van der Waals surface area contributed by atoms with Crippen LogP contribution < -0.4 is 15.2 Å². The second kappa shape index (κ2) is 7.71. The van der Waals surface area contributed by atoms with E-state index < -0.39 is 11.9 Å². The summed E-state index contributed by atoms with van der Waals surface area (Å²) in [7, 11) is 0. The second-order valence-electron chi connectivity index (χ2n) is 6.33. The zero-order chi connectivity index (χ0) is 20.7. The Labute approximate surface area is 180 Å². The van der Waals surface area contributed by atoms with E-state index in [1.807, 2.05) is 24.3 Å². The van der Waals surface area contributed by atoms with Gasteiger partial charge < -0.3 is 15.2 Å². The topological polar surface area (TPSA) is 78.6 Å². The van der Waals surface area contributed by atoms with Crippen molar-refractivity contribution in [1.29, 1.82) is 0 Å². The quantitative estimate of drug-likeness (QED) is 0.581. The molecule has 4 rings (SSSR count). The molecule has 0 radical (unpaired) electrons. The van der Waals surface area contributed by atoms with Crippen LogP contribution in [0.1, 0.15) is 24.0 Å². The first kappa shape index (κ1) is 19.8. The van der Waals surface area contributed by atoms with E-state index in [1.54, 1.807) is 25.1 Å². The van der Waals surface area contributed by atoms with Crippen molar-refractivity contribution in [2.24, 2.45) is 5.73 Å². The standard InChI is InChI=1S/C21H15Cl2NO4S/c1-2-27-20(25)17-15(11-8-7-10(22)9-13(11)23)16-18(28-19(17)24)12-5-3-4-6-14(12)29-21(16)26/h3-9,15H,2,24H2,1H3/t15-/m1/s1. The van der Waals surface area contributed by atoms with Gasteiger partial charge in [0, 0.05) is 20.1 Å². The van der Waals surface area contributed by atoms with E-state index in [0.717, 1.165) is 21.4 Å². The SMILES string of the molecule is CCOC(=O)C1=C(N)Oc2c(c(=O)sc3ccccc23)[C@H]1c1ccc(Cl)cc1Cl. The van der Waals surface area contributed by atoms with Crippen LogP contribution in [0.15, 0.2) is 58.7 Å². The number of rotatable bonds is 3. The van der Waals surface area contributed by atoms with Crippen molar-refractivity contribution in [2.45, 2.75) is 12.8 Å². The smallest absolute Gasteiger partial charge is 0.340 e. The molecule has 3 aromatic rings. The first-order valence-corrected chi connectivity index (χ1v) is 10.3. The number of nitrogens with two attached hydrogens (primary N) is 1. The number of ether oxygens (including phenoxy) is 2. The van der Waals surface area contributed by atoms with Crippen LogP contribution in [-0.2, 0) is 9.53 Å². The fraction of sp³-hybridized carbons (Fsp3) is 0.143. The average Bonchev–Trinajstić information content (AvgIpc) is 2.67. The van der Waals surface area contributed by atoms with Gasteiger partial charge in [-0.2, -0.15) is 0 Å². The number of benzene rings is 2. The summed E-state index contributed by atoms with van der Waals surface area (Å²) >= 11 is 13.6. The zero-order valence-electron chi connectivity index (χ0n) is 15.2. The number of hydrogen-bond donors (Lipinski definition) is 1. The van der Waals surface area contributed by atoms with Crippen LogP contribution in [0.25, 0.3) is 10.1 Å². The zero-order valence-corrected chi connectivity index (χ0v) is 17.5. The molecule has 0 bridgehead atoms. The lowest BCUT2D eigenvalue weighted by Crippen LogP contribution is -2.30. The van der Waals surface area contributed by atoms with Gasteiger partial charge in [-0.15, -0.1) is 0 Å². The molecule has 2 aromatic carbocycles. The molecule has 1 aliphatic rings. The van der Waals surface area contributed by atoms with Crippen LogP contribution in [0.4, 0.5) is 0 Å². The Bertz CT molecular complexity index is 1240. The second-order valence-corrected chi connectivity index (χ2v) is 8.19. The van der Waals surface area contributed by atoms with Gasteiger partial charge in [-0.1, -0.05) is 52.7 Å². The molecule has 1 atom stereocenters. The molecule has 0 aliphatic carbocycles. The predicted octanol–water partition coefficient (Wildman–Crippen LogP) is 4.83. The van der Waals surface area contributed by atoms with Crippen molar-refractivity contribution in [3.63, 3.8) is 0 Å². The number of fused-ring (bicyclic) bond motifs is 3. The van der Waals surface area contributed by atoms with E-state index in [0.29, 0.717) is 26.9 Å². The molecular formula is C21H15Cl2NO4S. The maximum Gasteiger partial charge on any atom is 0.340 e. The average molecular weight is 448 g/mol. The van der Waals surface area contributed by atoms with Gasteiger partial charge in [0.05, 0.1) is 18.1 Å². The van der Waals surface area contributed by atoms with E-state index in [-0.39, 0.29) is 22.8 Å². The van der Waals surface area contributed by atoms with Gasteiger partial charge in [-0.25, -0.2) is 4.79 Å². The minimum Gasteiger partial charge on any atom is -0.462 e. The molecule has 0 unspecified atom stereocenters. The molecule has 1 aliphatic heterocycles. The van der Waals surface area contributed by atoms with Crippen molar-refractivity contribution < 1.29 is 14.3 Å². The van der Waals surface area contributed by atoms with Gasteiger partial charge in [-0.05, 0) is 36.8 Å². The summed E-state index contributed by atoms with van der Waals surface area (Å²) in [4.78, 5) is 25.9. The lowest BCUT2D eigenvalue weighted by Gasteiger charge is -2.29. The van der Waals surface area contributed by atoms with Crippen LogP contribution in [0, 0.1) is 0 Å². The molecule has 0 amide bonds. The summed E-state index contributed by atoms with van der Waals surface area (Å²) in [6.45, 7) is 1.83. The van der Waals surface area contributed by atoms with Crippen molar-refractivity contribution in [3.8, 4) is 5.75 Å². The van der Waals surface area contributed by atoms with Gasteiger partial charge in [0.25, 0.3) is 0 Å². The molecule has 148 valence electrons. The Kier molecular flexibility index (Phi) is 5.25. The normalized spacial score (nSPS) is 15.8. The molecular weight excluding hydrogens is 433 g/mol. The van der Waals surface area contributed by atoms with E-state index in [9.17, 15) is 9.59 Å². The summed E-state index contributed by atoms with van der Waals surface area (Å²) in [5, 5.41) is 1.47. The van der Waals surface area contributed by atoms with E-state index >= 15 is 0 Å². The highest BCUT2D eigenvalue weighted by molar-refractivity contribution is 7.16. The molecule has 5 nitrogen and oxygen atoms in total. The van der Waals surface area contributed by atoms with E-state index in [2.05, 4.69) is 0 Å². The molecule has 0 spiro atoms. The minimum absolute atomic E-state index is 0.0446. The lowest BCUT2D eigenvalue weighted by molar-refractivity contribution is -0.139. The maximum atomic E-state index is 13.1. The Morgan fingerprint density at radius 3 is 2.72 bits per heavy atom. The molecule has 29 heavy (non-hydrogen) atoms. The summed E-state index contributed by atoms with van der Waals surface area (Å²) < 4.78 is 11.5. The van der Waals surface area contributed by atoms with Gasteiger partial charge in [0.1, 0.15) is 11.3 Å². The Balaban J connectivity index is 2.07. The largest absolute Gasteiger partial charge is 0.462 e. The van der Waals surface area contributed by atoms with Crippen LogP contribution in [0.2, 0.25) is 10.0 Å². The highest BCUT2D eigenvalue weighted by Crippen LogP contribution is 2.46. The summed E-state index contributed by atoms with van der Waals surface area (Å²) in [5.74, 6) is -1.29. The Morgan fingerprint density at radius 2 is 2.00 bits per heavy atom. The molecule has 1 aromatic heterocycles. The van der Waals surface area contributed by atoms with Crippen molar-refractivity contribution >= 4 is 50.6 Å². The predicted molar refractivity (Wildman–Crippen MR) is 115 cm³/mol. The lowest BCUT2D eigenvalue weighted by atomic mass is 9.83. The van der Waals surface area contributed by atoms with Gasteiger partial charge in [0.2, 0.25) is 10.6 Å². The molecule has 2 heterocycles. The Morgan fingerprint density at radius 1 is 1.24 bits per heavy atom. The third kappa shape index (κ3) is 3.37. The molecule has 8 heteroatoms. The molecule has 0 saturated carbocycles. The van der Waals surface area contributed by atoms with Gasteiger partial charge in [0.15, 0.2) is 0 Å². The maximum absolute atomic E-state index is 13.1. The number of carbonyl (C=O) groups is 1. The van der Waals surface area contributed by atoms with Crippen molar-refractivity contribution in [3.05, 3.63) is 84.6 Å². The number of halogens is 2. The highest BCUT2D eigenvalue weighted by Gasteiger charge is 2.39. The molecule has 2 N–H and O–H groups in total. The van der Waals surface area contributed by atoms with Crippen molar-refractivity contribution in [1.82, 2.24) is 0 Å². The highest BCUT2D eigenvalue weighted by atomic mass is 35.5. The molecule has 0 saturated heterocycles. The fourth-order valence-electron chi connectivity index (χ4n) is 3.42. The first-order valence-electron chi connectivity index (χ1n) is 8.77. The van der Waals surface area contributed by atoms with Crippen LogP contribution >= 0.6 is 34.5 Å². The van der Waals surface area contributed by atoms with E-state index in [4.69, 9.17) is 38.4 Å². The summed E-state index contributed by atoms with van der Waals surface area (Å²) in [6.07, 6.45) is 0. The van der Waals surface area contributed by atoms with Crippen LogP contribution in [0.3, 0.4) is 0 Å². The summed E-state index contributed by atoms with van der Waals surface area (Å²) in [5.41, 5.74) is 7.03. The number of esters is 1. The van der Waals surface area contributed by atoms with Crippen molar-refractivity contribution in [2.75, 3.05) is 6.61 Å². The Hall–Kier alpha value is -2.54. The van der Waals surface area contributed by atoms with Gasteiger partial charge >= 0.3 is 5.97 Å². The van der Waals surface area contributed by atoms with E-state index in [1.165, 1.54) is 0 Å². The monoisotopic (exact) mass is 447 g/mol. The minimum atomic E-state index is -0.837. The number of carbonyl (C=O) groups excluding carboxylic acids is 1. The third-order valence-corrected chi connectivity index (χ3v) is 6.17. The molecule has 0 fully saturated rings. The third-order valence-electron chi connectivity index (χ3n) is 4.62. The fourth-order valence-corrected chi connectivity index (χ4v) is 4.88. The first-order chi connectivity index (χ1) is 13.9. The van der Waals surface area contributed by atoms with Gasteiger partial charge in [-0.3, -0.25) is 4.79 Å². The number of hydrogen-bond acceptors (Lipinski definition) is 6. The van der Waals surface area contributed by atoms with Crippen LogP contribution in [-0.4, -0.2) is 12.6 Å².